The average Bonchev–Trinajstić information content (AvgIpc) is 2.65. The van der Waals surface area contributed by atoms with Gasteiger partial charge in [-0.3, -0.25) is 14.3 Å². The molecule has 0 amide bonds. The van der Waals surface area contributed by atoms with Gasteiger partial charge in [-0.25, -0.2) is 0 Å². The van der Waals surface area contributed by atoms with Crippen molar-refractivity contribution in [2.24, 2.45) is 0 Å². The lowest BCUT2D eigenvalue weighted by atomic mass is 10.2. The molecule has 3 N–H and O–H groups in total. The van der Waals surface area contributed by atoms with E-state index in [-0.39, 0.29) is 16.9 Å². The highest BCUT2D eigenvalue weighted by atomic mass is 32.1. The fourth-order valence-corrected chi connectivity index (χ4v) is 2.11. The predicted octanol–water partition coefficient (Wildman–Crippen LogP) is -0.145. The lowest BCUT2D eigenvalue weighted by Gasteiger charge is -2.15. The van der Waals surface area contributed by atoms with Gasteiger partial charge >= 0.3 is 0 Å². The van der Waals surface area contributed by atoms with Crippen LogP contribution in [0.1, 0.15) is 18.2 Å². The summed E-state index contributed by atoms with van der Waals surface area (Å²) in [5.41, 5.74) is 0.285. The lowest BCUT2D eigenvalue weighted by molar-refractivity contribution is -0.0453. The van der Waals surface area contributed by atoms with Gasteiger partial charge in [-0.05, 0) is 19.1 Å². The molecule has 0 aliphatic carbocycles. The number of hydrogen-bond acceptors (Lipinski definition) is 5. The summed E-state index contributed by atoms with van der Waals surface area (Å²) in [6, 6.07) is 0. The van der Waals surface area contributed by atoms with Crippen LogP contribution in [0.5, 0.6) is 0 Å². The van der Waals surface area contributed by atoms with Crippen molar-refractivity contribution in [1.82, 2.24) is 9.55 Å². The van der Waals surface area contributed by atoms with Gasteiger partial charge in [0.15, 0.2) is 4.77 Å². The van der Waals surface area contributed by atoms with Gasteiger partial charge in [0.2, 0.25) is 0 Å². The van der Waals surface area contributed by atoms with Gasteiger partial charge < -0.3 is 14.9 Å². The third kappa shape index (κ3) is 2.32. The number of aryl methyl sites for hydroxylation is 1. The molecule has 1 aliphatic heterocycles. The molecule has 1 aromatic rings. The molecular formula is C10H14N2O4S. The molecule has 2 heterocycles. The molecule has 1 aromatic heterocycles. The number of ether oxygens (including phenoxy) is 1. The smallest absolute Gasteiger partial charge is 0.254 e. The van der Waals surface area contributed by atoms with E-state index in [2.05, 4.69) is 4.98 Å². The number of aliphatic hydroxyl groups excluding tert-OH is 2. The van der Waals surface area contributed by atoms with Crippen LogP contribution in [0.2, 0.25) is 0 Å². The summed E-state index contributed by atoms with van der Waals surface area (Å²) in [5.74, 6) is 0. The van der Waals surface area contributed by atoms with Gasteiger partial charge in [-0.2, -0.15) is 0 Å². The van der Waals surface area contributed by atoms with Crippen LogP contribution in [0, 0.1) is 11.7 Å². The molecule has 7 heteroatoms. The highest BCUT2D eigenvalue weighted by Gasteiger charge is 2.34. The Morgan fingerprint density at radius 3 is 3.00 bits per heavy atom. The quantitative estimate of drug-likeness (QED) is 0.642. The van der Waals surface area contributed by atoms with Crippen LogP contribution in [-0.4, -0.2) is 38.6 Å². The van der Waals surface area contributed by atoms with E-state index in [9.17, 15) is 9.90 Å². The SMILES string of the molecule is Cc1cn([C@@H]2C[C@H](O)[C@H](CO)O2)c(=S)[nH]c1=O. The summed E-state index contributed by atoms with van der Waals surface area (Å²) < 4.78 is 7.29. The van der Waals surface area contributed by atoms with Crippen LogP contribution in [0.25, 0.3) is 0 Å². The standard InChI is InChI=1S/C10H14N2O4S/c1-5-3-12(10(17)11-9(5)15)8-2-6(14)7(4-13)16-8/h3,6-8,13-14H,2,4H2,1H3,(H,11,15,17)/t6-,7-,8-/m0/s1. The molecule has 0 aromatic carbocycles. The zero-order valence-corrected chi connectivity index (χ0v) is 10.1. The first kappa shape index (κ1) is 12.4. The van der Waals surface area contributed by atoms with Crippen LogP contribution in [0.3, 0.4) is 0 Å². The molecule has 0 unspecified atom stereocenters. The van der Waals surface area contributed by atoms with Crippen molar-refractivity contribution in [3.63, 3.8) is 0 Å². The fraction of sp³-hybridized carbons (Fsp3) is 0.600. The Morgan fingerprint density at radius 1 is 1.71 bits per heavy atom. The van der Waals surface area contributed by atoms with Gasteiger partial charge in [-0.1, -0.05) is 0 Å². The van der Waals surface area contributed by atoms with Crippen LogP contribution < -0.4 is 5.56 Å². The summed E-state index contributed by atoms with van der Waals surface area (Å²) in [6.45, 7) is 1.42. The molecule has 3 atom stereocenters. The fourth-order valence-electron chi connectivity index (χ4n) is 1.85. The second-order valence-electron chi connectivity index (χ2n) is 4.09. The Hall–Kier alpha value is -1.02. The van der Waals surface area contributed by atoms with Crippen molar-refractivity contribution < 1.29 is 14.9 Å². The summed E-state index contributed by atoms with van der Waals surface area (Å²) in [7, 11) is 0. The topological polar surface area (TPSA) is 87.5 Å². The van der Waals surface area contributed by atoms with E-state index in [1.807, 2.05) is 0 Å². The molecule has 6 nitrogen and oxygen atoms in total. The van der Waals surface area contributed by atoms with Gasteiger partial charge in [0, 0.05) is 18.2 Å². The highest BCUT2D eigenvalue weighted by molar-refractivity contribution is 7.71. The maximum Gasteiger partial charge on any atom is 0.254 e. The molecule has 1 fully saturated rings. The molecule has 1 saturated heterocycles. The monoisotopic (exact) mass is 258 g/mol. The first-order valence-electron chi connectivity index (χ1n) is 5.29. The molecular weight excluding hydrogens is 244 g/mol. The van der Waals surface area contributed by atoms with E-state index in [0.29, 0.717) is 12.0 Å². The second kappa shape index (κ2) is 4.69. The first-order valence-corrected chi connectivity index (χ1v) is 5.70. The largest absolute Gasteiger partial charge is 0.394 e. The summed E-state index contributed by atoms with van der Waals surface area (Å²) in [6.07, 6.45) is 0.155. The Labute approximate surface area is 102 Å². The maximum atomic E-state index is 11.3. The zero-order valence-electron chi connectivity index (χ0n) is 9.29. The van der Waals surface area contributed by atoms with E-state index in [1.165, 1.54) is 0 Å². The third-order valence-corrected chi connectivity index (χ3v) is 3.15. The summed E-state index contributed by atoms with van der Waals surface area (Å²) in [4.78, 5) is 13.9. The van der Waals surface area contributed by atoms with Crippen LogP contribution in [-0.2, 0) is 4.74 Å². The lowest BCUT2D eigenvalue weighted by Crippen LogP contribution is -2.24. The van der Waals surface area contributed by atoms with E-state index in [0.717, 1.165) is 0 Å². The first-order chi connectivity index (χ1) is 8.02. The maximum absolute atomic E-state index is 11.3. The minimum Gasteiger partial charge on any atom is -0.394 e. The Morgan fingerprint density at radius 2 is 2.41 bits per heavy atom. The average molecular weight is 258 g/mol. The minimum absolute atomic E-state index is 0.233. The van der Waals surface area contributed by atoms with Crippen LogP contribution >= 0.6 is 12.2 Å². The van der Waals surface area contributed by atoms with Crippen molar-refractivity contribution in [1.29, 1.82) is 0 Å². The predicted molar refractivity (Wildman–Crippen MR) is 62.2 cm³/mol. The van der Waals surface area contributed by atoms with E-state index < -0.39 is 18.4 Å². The van der Waals surface area contributed by atoms with Crippen molar-refractivity contribution in [2.45, 2.75) is 31.8 Å². The summed E-state index contributed by atoms with van der Waals surface area (Å²) in [5, 5.41) is 18.6. The zero-order chi connectivity index (χ0) is 12.6. The van der Waals surface area contributed by atoms with Gasteiger partial charge in [0.05, 0.1) is 12.7 Å². The molecule has 94 valence electrons. The number of hydrogen-bond donors (Lipinski definition) is 3. The Balaban J connectivity index is 2.34. The van der Waals surface area contributed by atoms with E-state index in [1.54, 1.807) is 17.7 Å². The highest BCUT2D eigenvalue weighted by Crippen LogP contribution is 2.28. The number of nitrogens with zero attached hydrogens (tertiary/aromatic N) is 1. The van der Waals surface area contributed by atoms with Crippen molar-refractivity contribution in [2.75, 3.05) is 6.61 Å². The van der Waals surface area contributed by atoms with Gasteiger partial charge in [0.1, 0.15) is 12.3 Å². The summed E-state index contributed by atoms with van der Waals surface area (Å²) >= 11 is 5.03. The minimum atomic E-state index is -0.723. The number of rotatable bonds is 2. The number of aromatic nitrogens is 2. The Bertz CT molecular complexity index is 524. The van der Waals surface area contributed by atoms with Crippen molar-refractivity contribution in [3.8, 4) is 0 Å². The number of aromatic amines is 1. The number of H-pyrrole nitrogens is 1. The molecule has 0 bridgehead atoms. The normalized spacial score (nSPS) is 28.5. The van der Waals surface area contributed by atoms with Crippen molar-refractivity contribution in [3.05, 3.63) is 26.9 Å². The van der Waals surface area contributed by atoms with E-state index in [4.69, 9.17) is 22.1 Å². The van der Waals surface area contributed by atoms with Crippen molar-refractivity contribution >= 4 is 12.2 Å². The Kier molecular flexibility index (Phi) is 3.43. The van der Waals surface area contributed by atoms with E-state index >= 15 is 0 Å². The molecule has 0 saturated carbocycles. The molecule has 2 rings (SSSR count). The number of nitrogens with one attached hydrogen (secondary N) is 1. The molecule has 0 spiro atoms. The van der Waals surface area contributed by atoms with Crippen LogP contribution in [0.15, 0.2) is 11.0 Å². The number of aliphatic hydroxyl groups is 2. The van der Waals surface area contributed by atoms with Crippen LogP contribution in [0.4, 0.5) is 0 Å². The molecule has 0 radical (unpaired) electrons. The molecule has 17 heavy (non-hydrogen) atoms. The van der Waals surface area contributed by atoms with Gasteiger partial charge in [-0.15, -0.1) is 0 Å². The second-order valence-corrected chi connectivity index (χ2v) is 4.48. The van der Waals surface area contributed by atoms with Gasteiger partial charge in [0.25, 0.3) is 5.56 Å². The third-order valence-electron chi connectivity index (χ3n) is 2.84. The molecule has 1 aliphatic rings.